The van der Waals surface area contributed by atoms with Gasteiger partial charge in [0.05, 0.1) is 0 Å². The highest BCUT2D eigenvalue weighted by atomic mass is 16.5. The maximum atomic E-state index is 5.78. The molecule has 2 rings (SSSR count). The van der Waals surface area contributed by atoms with E-state index in [9.17, 15) is 0 Å². The van der Waals surface area contributed by atoms with Crippen LogP contribution in [-0.4, -0.2) is 16.2 Å². The Morgan fingerprint density at radius 3 is 2.83 bits per heavy atom. The molecule has 0 aromatic carbocycles. The highest BCUT2D eigenvalue weighted by molar-refractivity contribution is 4.98. The van der Waals surface area contributed by atoms with Gasteiger partial charge in [-0.2, -0.15) is 4.98 Å². The number of hydrogen-bond acceptors (Lipinski definition) is 4. The Balaban J connectivity index is 2.11. The topological polar surface area (TPSA) is 64.9 Å². The van der Waals surface area contributed by atoms with Crippen molar-refractivity contribution < 1.29 is 4.52 Å². The lowest BCUT2D eigenvalue weighted by Crippen LogP contribution is -2.14. The number of nitrogens with two attached hydrogens (primary N) is 1. The van der Waals surface area contributed by atoms with E-state index in [-0.39, 0.29) is 0 Å². The van der Waals surface area contributed by atoms with Gasteiger partial charge >= 0.3 is 0 Å². The standard InChI is InChI=1S/C8H13N3O/c1-5-10-8(12-11-5)6-2-3-7(9)4-6/h6-7H,2-4,9H2,1H3/t6-,7+/m1/s1. The molecule has 1 aromatic rings. The zero-order valence-corrected chi connectivity index (χ0v) is 7.16. The van der Waals surface area contributed by atoms with Gasteiger partial charge in [0.15, 0.2) is 5.82 Å². The van der Waals surface area contributed by atoms with E-state index in [4.69, 9.17) is 10.3 Å². The minimum Gasteiger partial charge on any atom is -0.339 e. The van der Waals surface area contributed by atoms with Crippen LogP contribution < -0.4 is 5.73 Å². The van der Waals surface area contributed by atoms with E-state index in [0.29, 0.717) is 17.8 Å². The van der Waals surface area contributed by atoms with E-state index in [2.05, 4.69) is 10.1 Å². The van der Waals surface area contributed by atoms with E-state index < -0.39 is 0 Å². The van der Waals surface area contributed by atoms with Crippen molar-refractivity contribution in [2.24, 2.45) is 5.73 Å². The summed E-state index contributed by atoms with van der Waals surface area (Å²) in [7, 11) is 0. The van der Waals surface area contributed by atoms with Crippen LogP contribution in [0, 0.1) is 6.92 Å². The van der Waals surface area contributed by atoms with Gasteiger partial charge in [-0.05, 0) is 26.2 Å². The van der Waals surface area contributed by atoms with Crippen LogP contribution in [0.2, 0.25) is 0 Å². The summed E-state index contributed by atoms with van der Waals surface area (Å²) in [5.74, 6) is 1.88. The molecule has 0 radical (unpaired) electrons. The molecule has 4 nitrogen and oxygen atoms in total. The second-order valence-corrected chi connectivity index (χ2v) is 3.45. The van der Waals surface area contributed by atoms with Crippen LogP contribution in [0.3, 0.4) is 0 Å². The third-order valence-corrected chi connectivity index (χ3v) is 2.37. The Kier molecular flexibility index (Phi) is 1.84. The van der Waals surface area contributed by atoms with Crippen LogP contribution in [0.25, 0.3) is 0 Å². The molecule has 2 N–H and O–H groups in total. The first-order valence-corrected chi connectivity index (χ1v) is 4.31. The second-order valence-electron chi connectivity index (χ2n) is 3.45. The van der Waals surface area contributed by atoms with Gasteiger partial charge in [0.1, 0.15) is 0 Å². The summed E-state index contributed by atoms with van der Waals surface area (Å²) >= 11 is 0. The SMILES string of the molecule is Cc1noc([C@@H]2CC[C@H](N)C2)n1. The smallest absolute Gasteiger partial charge is 0.229 e. The lowest BCUT2D eigenvalue weighted by Gasteiger charge is -2.01. The Hall–Kier alpha value is -0.900. The van der Waals surface area contributed by atoms with Crippen LogP contribution in [0.15, 0.2) is 4.52 Å². The number of hydrogen-bond donors (Lipinski definition) is 1. The Labute approximate surface area is 71.1 Å². The van der Waals surface area contributed by atoms with Gasteiger partial charge in [-0.15, -0.1) is 0 Å². The van der Waals surface area contributed by atoms with Crippen molar-refractivity contribution in [2.45, 2.75) is 38.1 Å². The first-order chi connectivity index (χ1) is 5.75. The molecule has 12 heavy (non-hydrogen) atoms. The summed E-state index contributed by atoms with van der Waals surface area (Å²) in [4.78, 5) is 4.19. The van der Waals surface area contributed by atoms with Crippen LogP contribution >= 0.6 is 0 Å². The molecular formula is C8H13N3O. The van der Waals surface area contributed by atoms with Gasteiger partial charge in [0.25, 0.3) is 0 Å². The number of rotatable bonds is 1. The van der Waals surface area contributed by atoms with Crippen molar-refractivity contribution in [3.63, 3.8) is 0 Å². The molecule has 4 heteroatoms. The average molecular weight is 167 g/mol. The first kappa shape index (κ1) is 7.73. The minimum absolute atomic E-state index is 0.321. The van der Waals surface area contributed by atoms with Crippen LogP contribution in [0.5, 0.6) is 0 Å². The summed E-state index contributed by atoms with van der Waals surface area (Å²) in [5.41, 5.74) is 5.78. The molecule has 1 fully saturated rings. The van der Waals surface area contributed by atoms with E-state index >= 15 is 0 Å². The maximum Gasteiger partial charge on any atom is 0.229 e. The molecule has 1 aliphatic rings. The summed E-state index contributed by atoms with van der Waals surface area (Å²) in [5, 5.41) is 3.76. The summed E-state index contributed by atoms with van der Waals surface area (Å²) in [6.45, 7) is 1.84. The molecule has 1 saturated carbocycles. The second kappa shape index (κ2) is 2.86. The van der Waals surface area contributed by atoms with Crippen molar-refractivity contribution in [3.8, 4) is 0 Å². The maximum absolute atomic E-state index is 5.78. The summed E-state index contributed by atoms with van der Waals surface area (Å²) < 4.78 is 5.08. The summed E-state index contributed by atoms with van der Waals surface area (Å²) in [6, 6.07) is 0.321. The van der Waals surface area contributed by atoms with Crippen molar-refractivity contribution in [1.82, 2.24) is 10.1 Å². The highest BCUT2D eigenvalue weighted by Crippen LogP contribution is 2.32. The molecule has 0 spiro atoms. The highest BCUT2D eigenvalue weighted by Gasteiger charge is 2.27. The first-order valence-electron chi connectivity index (χ1n) is 4.31. The lowest BCUT2D eigenvalue weighted by atomic mass is 10.1. The van der Waals surface area contributed by atoms with Crippen molar-refractivity contribution in [3.05, 3.63) is 11.7 Å². The fraction of sp³-hybridized carbons (Fsp3) is 0.750. The minimum atomic E-state index is 0.321. The third kappa shape index (κ3) is 1.34. The van der Waals surface area contributed by atoms with Crippen LogP contribution in [0.4, 0.5) is 0 Å². The average Bonchev–Trinajstić information content (AvgIpc) is 2.58. The molecule has 0 bridgehead atoms. The number of aryl methyl sites for hydroxylation is 1. The Bertz CT molecular complexity index is 271. The third-order valence-electron chi connectivity index (χ3n) is 2.37. The van der Waals surface area contributed by atoms with E-state index in [1.807, 2.05) is 6.92 Å². The Morgan fingerprint density at radius 2 is 2.33 bits per heavy atom. The fourth-order valence-electron chi connectivity index (χ4n) is 1.72. The van der Waals surface area contributed by atoms with Crippen LogP contribution in [-0.2, 0) is 0 Å². The molecule has 0 unspecified atom stereocenters. The van der Waals surface area contributed by atoms with Gasteiger partial charge in [-0.25, -0.2) is 0 Å². The molecule has 1 aliphatic carbocycles. The molecule has 0 saturated heterocycles. The van der Waals surface area contributed by atoms with Gasteiger partial charge in [0, 0.05) is 12.0 Å². The summed E-state index contributed by atoms with van der Waals surface area (Å²) in [6.07, 6.45) is 3.15. The number of nitrogens with zero attached hydrogens (tertiary/aromatic N) is 2. The molecule has 1 aromatic heterocycles. The number of aromatic nitrogens is 2. The van der Waals surface area contributed by atoms with Crippen molar-refractivity contribution in [2.75, 3.05) is 0 Å². The molecule has 0 amide bonds. The largest absolute Gasteiger partial charge is 0.339 e. The monoisotopic (exact) mass is 167 g/mol. The molecule has 2 atom stereocenters. The van der Waals surface area contributed by atoms with E-state index in [1.165, 1.54) is 0 Å². The van der Waals surface area contributed by atoms with Gasteiger partial charge < -0.3 is 10.3 Å². The molecule has 1 heterocycles. The lowest BCUT2D eigenvalue weighted by molar-refractivity contribution is 0.350. The zero-order chi connectivity index (χ0) is 8.55. The zero-order valence-electron chi connectivity index (χ0n) is 7.16. The quantitative estimate of drug-likeness (QED) is 0.677. The van der Waals surface area contributed by atoms with Gasteiger partial charge in [-0.3, -0.25) is 0 Å². The van der Waals surface area contributed by atoms with E-state index in [0.717, 1.165) is 25.2 Å². The normalized spacial score (nSPS) is 29.5. The van der Waals surface area contributed by atoms with Crippen molar-refractivity contribution in [1.29, 1.82) is 0 Å². The van der Waals surface area contributed by atoms with Crippen molar-refractivity contribution >= 4 is 0 Å². The van der Waals surface area contributed by atoms with Gasteiger partial charge in [-0.1, -0.05) is 5.16 Å². The van der Waals surface area contributed by atoms with Gasteiger partial charge in [0.2, 0.25) is 5.89 Å². The molecular weight excluding hydrogens is 154 g/mol. The molecule has 0 aliphatic heterocycles. The fourth-order valence-corrected chi connectivity index (χ4v) is 1.72. The Morgan fingerprint density at radius 1 is 1.50 bits per heavy atom. The van der Waals surface area contributed by atoms with E-state index in [1.54, 1.807) is 0 Å². The predicted molar refractivity (Wildman–Crippen MR) is 43.6 cm³/mol. The van der Waals surface area contributed by atoms with Crippen LogP contribution in [0.1, 0.15) is 36.9 Å². The predicted octanol–water partition coefficient (Wildman–Crippen LogP) is 0.973. The molecule has 66 valence electrons.